The Morgan fingerprint density at radius 1 is 1.29 bits per heavy atom. The zero-order chi connectivity index (χ0) is 14.7. The second kappa shape index (κ2) is 6.61. The number of hydrogen-bond donors (Lipinski definition) is 2. The molecule has 3 nitrogen and oxygen atoms in total. The lowest BCUT2D eigenvalue weighted by atomic mass is 9.93. The van der Waals surface area contributed by atoms with Gasteiger partial charge in [0.15, 0.2) is 0 Å². The van der Waals surface area contributed by atoms with Gasteiger partial charge in [0.1, 0.15) is 0 Å². The topological polar surface area (TPSA) is 41.1 Å². The molecule has 2 aliphatic rings. The molecule has 21 heavy (non-hydrogen) atoms. The average molecular weight is 286 g/mol. The number of piperidine rings is 1. The van der Waals surface area contributed by atoms with Crippen LogP contribution in [-0.2, 0) is 11.2 Å². The number of fused-ring (bicyclic) bond motifs is 1. The van der Waals surface area contributed by atoms with E-state index in [9.17, 15) is 4.79 Å². The molecule has 1 aliphatic carbocycles. The molecule has 0 spiro atoms. The van der Waals surface area contributed by atoms with Crippen molar-refractivity contribution in [3.63, 3.8) is 0 Å². The highest BCUT2D eigenvalue weighted by atomic mass is 16.1. The highest BCUT2D eigenvalue weighted by Gasteiger charge is 2.24. The highest BCUT2D eigenvalue weighted by molar-refractivity contribution is 5.76. The van der Waals surface area contributed by atoms with Gasteiger partial charge >= 0.3 is 0 Å². The van der Waals surface area contributed by atoms with Crippen LogP contribution in [0.2, 0.25) is 0 Å². The lowest BCUT2D eigenvalue weighted by molar-refractivity contribution is -0.122. The van der Waals surface area contributed by atoms with Crippen LogP contribution in [0.4, 0.5) is 0 Å². The summed E-state index contributed by atoms with van der Waals surface area (Å²) in [5.74, 6) is 0.961. The van der Waals surface area contributed by atoms with Crippen molar-refractivity contribution in [2.45, 2.75) is 51.5 Å². The van der Waals surface area contributed by atoms with E-state index in [-0.39, 0.29) is 11.9 Å². The lowest BCUT2D eigenvalue weighted by Gasteiger charge is -2.22. The minimum Gasteiger partial charge on any atom is -0.349 e. The zero-order valence-electron chi connectivity index (χ0n) is 13.0. The monoisotopic (exact) mass is 286 g/mol. The van der Waals surface area contributed by atoms with Gasteiger partial charge in [-0.3, -0.25) is 4.79 Å². The summed E-state index contributed by atoms with van der Waals surface area (Å²) in [6.45, 7) is 4.36. The van der Waals surface area contributed by atoms with E-state index in [0.29, 0.717) is 6.42 Å². The fourth-order valence-corrected chi connectivity index (χ4v) is 3.67. The summed E-state index contributed by atoms with van der Waals surface area (Å²) in [5.41, 5.74) is 4.06. The van der Waals surface area contributed by atoms with Crippen LogP contribution in [0.5, 0.6) is 0 Å². The van der Waals surface area contributed by atoms with Gasteiger partial charge in [-0.25, -0.2) is 0 Å². The molecule has 3 rings (SSSR count). The van der Waals surface area contributed by atoms with Crippen molar-refractivity contribution in [2.24, 2.45) is 5.92 Å². The Morgan fingerprint density at radius 3 is 2.90 bits per heavy atom. The molecule has 114 valence electrons. The van der Waals surface area contributed by atoms with Gasteiger partial charge in [-0.1, -0.05) is 23.8 Å². The van der Waals surface area contributed by atoms with Crippen LogP contribution in [-0.4, -0.2) is 19.0 Å². The maximum absolute atomic E-state index is 12.2. The summed E-state index contributed by atoms with van der Waals surface area (Å²) in [7, 11) is 0. The van der Waals surface area contributed by atoms with Crippen molar-refractivity contribution in [2.75, 3.05) is 13.1 Å². The van der Waals surface area contributed by atoms with Crippen LogP contribution in [0, 0.1) is 12.8 Å². The van der Waals surface area contributed by atoms with Gasteiger partial charge in [0.25, 0.3) is 0 Å². The van der Waals surface area contributed by atoms with Gasteiger partial charge in [-0.2, -0.15) is 0 Å². The Kier molecular flexibility index (Phi) is 4.59. The Balaban J connectivity index is 1.50. The first-order valence-electron chi connectivity index (χ1n) is 8.32. The van der Waals surface area contributed by atoms with Crippen molar-refractivity contribution in [3.05, 3.63) is 34.9 Å². The zero-order valence-corrected chi connectivity index (χ0v) is 13.0. The molecule has 1 unspecified atom stereocenters. The number of hydrogen-bond acceptors (Lipinski definition) is 2. The molecule has 3 heteroatoms. The first-order chi connectivity index (χ1) is 10.2. The van der Waals surface area contributed by atoms with E-state index < -0.39 is 0 Å². The van der Waals surface area contributed by atoms with Gasteiger partial charge in [-0.05, 0) is 69.2 Å². The lowest BCUT2D eigenvalue weighted by Crippen LogP contribution is -2.30. The van der Waals surface area contributed by atoms with Gasteiger partial charge in [-0.15, -0.1) is 0 Å². The third kappa shape index (κ3) is 3.65. The predicted octanol–water partition coefficient (Wildman–Crippen LogP) is 2.88. The molecule has 0 bridgehead atoms. The summed E-state index contributed by atoms with van der Waals surface area (Å²) in [4.78, 5) is 12.2. The molecular weight excluding hydrogens is 260 g/mol. The minimum atomic E-state index is 0.229. The molecule has 1 fully saturated rings. The van der Waals surface area contributed by atoms with E-state index in [0.717, 1.165) is 38.3 Å². The van der Waals surface area contributed by atoms with E-state index >= 15 is 0 Å². The number of amides is 1. The first-order valence-corrected chi connectivity index (χ1v) is 8.32. The van der Waals surface area contributed by atoms with Gasteiger partial charge in [0.2, 0.25) is 5.91 Å². The van der Waals surface area contributed by atoms with Crippen LogP contribution in [0.3, 0.4) is 0 Å². The molecular formula is C18H26N2O. The Bertz CT molecular complexity index is 506. The summed E-state index contributed by atoms with van der Waals surface area (Å²) < 4.78 is 0. The van der Waals surface area contributed by atoms with Crippen molar-refractivity contribution < 1.29 is 4.79 Å². The fraction of sp³-hybridized carbons (Fsp3) is 0.611. The number of nitrogens with one attached hydrogen (secondary N) is 2. The summed E-state index contributed by atoms with van der Waals surface area (Å²) in [5, 5.41) is 6.62. The maximum Gasteiger partial charge on any atom is 0.220 e. The second-order valence-electron chi connectivity index (χ2n) is 6.59. The van der Waals surface area contributed by atoms with E-state index in [1.807, 2.05) is 0 Å². The van der Waals surface area contributed by atoms with Gasteiger partial charge < -0.3 is 10.6 Å². The van der Waals surface area contributed by atoms with E-state index in [4.69, 9.17) is 0 Å². The smallest absolute Gasteiger partial charge is 0.220 e. The number of benzene rings is 1. The standard InChI is InChI=1S/C18H26N2O/c1-13-2-5-16-15(12-13)4-6-17(16)20-18(21)7-3-14-8-10-19-11-9-14/h2,5,12,14,17,19H,3-4,6-11H2,1H3,(H,20,21). The number of aryl methyl sites for hydroxylation is 2. The molecule has 1 saturated heterocycles. The molecule has 0 saturated carbocycles. The van der Waals surface area contributed by atoms with Crippen molar-refractivity contribution >= 4 is 5.91 Å². The Labute approximate surface area is 127 Å². The van der Waals surface area contributed by atoms with E-state index in [2.05, 4.69) is 35.8 Å². The molecule has 1 aromatic carbocycles. The Morgan fingerprint density at radius 2 is 2.10 bits per heavy atom. The molecule has 1 aromatic rings. The van der Waals surface area contributed by atoms with Crippen LogP contribution >= 0.6 is 0 Å². The molecule has 0 aromatic heterocycles. The average Bonchev–Trinajstić information content (AvgIpc) is 2.88. The number of rotatable bonds is 4. The molecule has 1 heterocycles. The van der Waals surface area contributed by atoms with Crippen molar-refractivity contribution in [1.29, 1.82) is 0 Å². The second-order valence-corrected chi connectivity index (χ2v) is 6.59. The molecule has 2 N–H and O–H groups in total. The summed E-state index contributed by atoms with van der Waals surface area (Å²) in [6.07, 6.45) is 6.31. The van der Waals surface area contributed by atoms with Crippen LogP contribution in [0.1, 0.15) is 54.8 Å². The molecule has 1 amide bonds. The third-order valence-corrected chi connectivity index (χ3v) is 4.95. The van der Waals surface area contributed by atoms with Crippen LogP contribution in [0.25, 0.3) is 0 Å². The van der Waals surface area contributed by atoms with Gasteiger partial charge in [0, 0.05) is 6.42 Å². The summed E-state index contributed by atoms with van der Waals surface area (Å²) >= 11 is 0. The maximum atomic E-state index is 12.2. The minimum absolute atomic E-state index is 0.229. The number of carbonyl (C=O) groups is 1. The SMILES string of the molecule is Cc1ccc2c(c1)CCC2NC(=O)CCC1CCNCC1. The molecule has 1 aliphatic heterocycles. The summed E-state index contributed by atoms with van der Waals surface area (Å²) in [6, 6.07) is 6.84. The van der Waals surface area contributed by atoms with Gasteiger partial charge in [0.05, 0.1) is 6.04 Å². The largest absolute Gasteiger partial charge is 0.349 e. The fourth-order valence-electron chi connectivity index (χ4n) is 3.67. The predicted molar refractivity (Wildman–Crippen MR) is 85.2 cm³/mol. The molecule has 0 radical (unpaired) electrons. The quantitative estimate of drug-likeness (QED) is 0.893. The number of carbonyl (C=O) groups excluding carboxylic acids is 1. The molecule has 1 atom stereocenters. The highest BCUT2D eigenvalue weighted by Crippen LogP contribution is 2.31. The third-order valence-electron chi connectivity index (χ3n) is 4.95. The van der Waals surface area contributed by atoms with E-state index in [1.165, 1.54) is 29.5 Å². The van der Waals surface area contributed by atoms with Crippen LogP contribution in [0.15, 0.2) is 18.2 Å². The van der Waals surface area contributed by atoms with Crippen LogP contribution < -0.4 is 10.6 Å². The van der Waals surface area contributed by atoms with E-state index in [1.54, 1.807) is 0 Å². The van der Waals surface area contributed by atoms with Crippen molar-refractivity contribution in [1.82, 2.24) is 10.6 Å². The normalized spacial score (nSPS) is 22.0. The van der Waals surface area contributed by atoms with Crippen molar-refractivity contribution in [3.8, 4) is 0 Å². The first kappa shape index (κ1) is 14.6. The Hall–Kier alpha value is -1.35.